The number of benzene rings is 1. The second-order valence-electron chi connectivity index (χ2n) is 11.3. The number of anilines is 4. The molecule has 1 saturated carbocycles. The van der Waals surface area contributed by atoms with E-state index in [0.717, 1.165) is 80.6 Å². The highest BCUT2D eigenvalue weighted by molar-refractivity contribution is 6.04. The van der Waals surface area contributed by atoms with Gasteiger partial charge in [-0.2, -0.15) is 4.98 Å². The average molecular weight is 561 g/mol. The predicted octanol–water partition coefficient (Wildman–Crippen LogP) is 3.06. The summed E-state index contributed by atoms with van der Waals surface area (Å²) >= 11 is 0. The van der Waals surface area contributed by atoms with Crippen LogP contribution >= 0.6 is 0 Å². The molecule has 6 rings (SSSR count). The van der Waals surface area contributed by atoms with E-state index in [2.05, 4.69) is 49.3 Å². The van der Waals surface area contributed by atoms with Crippen LogP contribution in [-0.4, -0.2) is 100 Å². The first-order valence-corrected chi connectivity index (χ1v) is 14.7. The smallest absolute Gasteiger partial charge is 0.249 e. The number of methoxy groups -OCH3 is 1. The van der Waals surface area contributed by atoms with Crippen LogP contribution in [0.2, 0.25) is 0 Å². The number of nitrogens with one attached hydrogen (secondary N) is 1. The van der Waals surface area contributed by atoms with Gasteiger partial charge in [-0.25, -0.2) is 9.67 Å². The Kier molecular flexibility index (Phi) is 7.76. The highest BCUT2D eigenvalue weighted by Crippen LogP contribution is 2.40. The Morgan fingerprint density at radius 3 is 2.61 bits per heavy atom. The second-order valence-corrected chi connectivity index (χ2v) is 11.3. The Balaban J connectivity index is 1.23. The highest BCUT2D eigenvalue weighted by Gasteiger charge is 2.41. The number of aromatic nitrogens is 5. The lowest BCUT2D eigenvalue weighted by atomic mass is 10.0. The molecule has 1 aromatic carbocycles. The zero-order valence-corrected chi connectivity index (χ0v) is 24.5. The van der Waals surface area contributed by atoms with Gasteiger partial charge < -0.3 is 24.8 Å². The van der Waals surface area contributed by atoms with Crippen molar-refractivity contribution >= 4 is 29.0 Å². The lowest BCUT2D eigenvalue weighted by Gasteiger charge is -2.43. The molecule has 3 aliphatic rings. The Morgan fingerprint density at radius 2 is 1.88 bits per heavy atom. The van der Waals surface area contributed by atoms with Gasteiger partial charge in [0.2, 0.25) is 11.9 Å². The zero-order chi connectivity index (χ0) is 28.5. The Bertz CT molecular complexity index is 1380. The summed E-state index contributed by atoms with van der Waals surface area (Å²) in [5, 5.41) is 12.1. The number of ether oxygens (including phenoxy) is 1. The third-order valence-electron chi connectivity index (χ3n) is 8.63. The number of rotatable bonds is 8. The van der Waals surface area contributed by atoms with E-state index in [-0.39, 0.29) is 11.9 Å². The minimum atomic E-state index is -0.212. The molecule has 41 heavy (non-hydrogen) atoms. The van der Waals surface area contributed by atoms with Crippen LogP contribution < -0.4 is 19.9 Å². The standard InChI is InChI=1S/C29H40N10O2/c1-5-24-28(40)36(3)25-17-30-29(32-27(25)39(24)21-8-6-7-9-21)31-23-11-10-22(16-26(23)41-4)38-19-20(33-34-38)18-37-14-12-35(2)13-15-37/h10-11,16-17,19,21,24H,5-9,12-15,18H2,1-4H3,(H,30,31,32)/t24-/m1/s1. The molecular formula is C29H40N10O2. The van der Waals surface area contributed by atoms with Crippen LogP contribution in [0.4, 0.5) is 23.1 Å². The molecule has 1 aliphatic carbocycles. The van der Waals surface area contributed by atoms with Gasteiger partial charge >= 0.3 is 0 Å². The van der Waals surface area contributed by atoms with Crippen LogP contribution in [-0.2, 0) is 11.3 Å². The molecule has 218 valence electrons. The average Bonchev–Trinajstić information content (AvgIpc) is 3.69. The summed E-state index contributed by atoms with van der Waals surface area (Å²) < 4.78 is 7.52. The van der Waals surface area contributed by atoms with Gasteiger partial charge in [0.25, 0.3) is 0 Å². The summed E-state index contributed by atoms with van der Waals surface area (Å²) in [6, 6.07) is 5.95. The molecule has 0 bridgehead atoms. The molecule has 0 unspecified atom stereocenters. The molecule has 0 spiro atoms. The van der Waals surface area contributed by atoms with Crippen LogP contribution in [0.25, 0.3) is 5.69 Å². The molecule has 1 amide bonds. The van der Waals surface area contributed by atoms with E-state index in [9.17, 15) is 4.79 Å². The summed E-state index contributed by atoms with van der Waals surface area (Å²) in [5.41, 5.74) is 3.29. The maximum atomic E-state index is 13.2. The molecule has 12 nitrogen and oxygen atoms in total. The van der Waals surface area contributed by atoms with Gasteiger partial charge in [-0.05, 0) is 38.4 Å². The van der Waals surface area contributed by atoms with E-state index in [1.807, 2.05) is 31.4 Å². The highest BCUT2D eigenvalue weighted by atomic mass is 16.5. The molecular weight excluding hydrogens is 520 g/mol. The van der Waals surface area contributed by atoms with Crippen molar-refractivity contribution in [3.05, 3.63) is 36.3 Å². The fourth-order valence-corrected chi connectivity index (χ4v) is 6.22. The van der Waals surface area contributed by atoms with Crippen molar-refractivity contribution in [1.82, 2.24) is 34.8 Å². The molecule has 2 aliphatic heterocycles. The first-order chi connectivity index (χ1) is 19.9. The molecule has 1 atom stereocenters. The molecule has 1 N–H and O–H groups in total. The third-order valence-corrected chi connectivity index (χ3v) is 8.63. The topological polar surface area (TPSA) is 108 Å². The van der Waals surface area contributed by atoms with Gasteiger partial charge in [0.05, 0.1) is 36.6 Å². The first kappa shape index (κ1) is 27.4. The van der Waals surface area contributed by atoms with Crippen LogP contribution in [0.5, 0.6) is 5.75 Å². The Hall–Kier alpha value is -3.77. The number of piperazine rings is 1. The number of fused-ring (bicyclic) bond motifs is 1. The normalized spacial score (nSPS) is 20.5. The SMILES string of the molecule is CC[C@@H]1C(=O)N(C)c2cnc(Nc3ccc(-n4cc(CN5CCN(C)CC5)nn4)cc3OC)nc2N1C1CCCC1. The van der Waals surface area contributed by atoms with E-state index in [4.69, 9.17) is 9.72 Å². The third kappa shape index (κ3) is 5.45. The van der Waals surface area contributed by atoms with Crippen LogP contribution in [0, 0.1) is 0 Å². The minimum Gasteiger partial charge on any atom is -0.494 e. The van der Waals surface area contributed by atoms with Gasteiger partial charge in [-0.15, -0.1) is 5.10 Å². The molecule has 1 saturated heterocycles. The Labute approximate surface area is 241 Å². The first-order valence-electron chi connectivity index (χ1n) is 14.7. The summed E-state index contributed by atoms with van der Waals surface area (Å²) in [5.74, 6) is 2.03. The Morgan fingerprint density at radius 1 is 1.10 bits per heavy atom. The quantitative estimate of drug-likeness (QED) is 0.442. The molecule has 12 heteroatoms. The van der Waals surface area contributed by atoms with Crippen molar-refractivity contribution in [2.24, 2.45) is 0 Å². The number of hydrogen-bond acceptors (Lipinski definition) is 10. The number of hydrogen-bond donors (Lipinski definition) is 1. The lowest BCUT2D eigenvalue weighted by Crippen LogP contribution is -2.55. The van der Waals surface area contributed by atoms with Gasteiger partial charge in [-0.1, -0.05) is 25.0 Å². The van der Waals surface area contributed by atoms with E-state index in [0.29, 0.717) is 17.7 Å². The predicted molar refractivity (Wildman–Crippen MR) is 158 cm³/mol. The summed E-state index contributed by atoms with van der Waals surface area (Å²) in [7, 11) is 5.62. The minimum absolute atomic E-state index is 0.105. The van der Waals surface area contributed by atoms with E-state index >= 15 is 0 Å². The monoisotopic (exact) mass is 560 g/mol. The van der Waals surface area contributed by atoms with Gasteiger partial charge in [-0.3, -0.25) is 9.69 Å². The van der Waals surface area contributed by atoms with Gasteiger partial charge in [0, 0.05) is 51.9 Å². The van der Waals surface area contributed by atoms with Crippen molar-refractivity contribution in [2.75, 3.05) is 62.5 Å². The fraction of sp³-hybridized carbons (Fsp3) is 0.552. The number of carbonyl (C=O) groups is 1. The van der Waals surface area contributed by atoms with E-state index in [1.165, 1.54) is 12.8 Å². The van der Waals surface area contributed by atoms with Crippen molar-refractivity contribution in [1.29, 1.82) is 0 Å². The van der Waals surface area contributed by atoms with Crippen molar-refractivity contribution in [2.45, 2.75) is 57.7 Å². The van der Waals surface area contributed by atoms with Crippen LogP contribution in [0.15, 0.2) is 30.6 Å². The molecule has 2 aromatic heterocycles. The second kappa shape index (κ2) is 11.6. The van der Waals surface area contributed by atoms with Crippen molar-refractivity contribution in [3.63, 3.8) is 0 Å². The number of nitrogens with zero attached hydrogens (tertiary/aromatic N) is 9. The van der Waals surface area contributed by atoms with E-state index in [1.54, 1.807) is 22.9 Å². The maximum Gasteiger partial charge on any atom is 0.249 e. The molecule has 0 radical (unpaired) electrons. The lowest BCUT2D eigenvalue weighted by molar-refractivity contribution is -0.120. The molecule has 4 heterocycles. The zero-order valence-electron chi connectivity index (χ0n) is 24.5. The maximum absolute atomic E-state index is 13.2. The number of amides is 1. The van der Waals surface area contributed by atoms with Gasteiger partial charge in [0.1, 0.15) is 17.5 Å². The summed E-state index contributed by atoms with van der Waals surface area (Å²) in [4.78, 5) is 31.4. The largest absolute Gasteiger partial charge is 0.494 e. The van der Waals surface area contributed by atoms with Gasteiger partial charge in [0.15, 0.2) is 5.82 Å². The summed E-state index contributed by atoms with van der Waals surface area (Å²) in [6.07, 6.45) is 8.98. The van der Waals surface area contributed by atoms with Crippen LogP contribution in [0.1, 0.15) is 44.7 Å². The van der Waals surface area contributed by atoms with Crippen molar-refractivity contribution in [3.8, 4) is 11.4 Å². The summed E-state index contributed by atoms with van der Waals surface area (Å²) in [6.45, 7) is 7.07. The molecule has 2 fully saturated rings. The van der Waals surface area contributed by atoms with Crippen LogP contribution in [0.3, 0.4) is 0 Å². The van der Waals surface area contributed by atoms with Crippen molar-refractivity contribution < 1.29 is 9.53 Å². The fourth-order valence-electron chi connectivity index (χ4n) is 6.22. The number of carbonyl (C=O) groups excluding carboxylic acids is 1. The number of likely N-dealkylation sites (N-methyl/N-ethyl adjacent to an activating group) is 2. The van der Waals surface area contributed by atoms with E-state index < -0.39 is 0 Å². The molecule has 3 aromatic rings.